The second-order valence-corrected chi connectivity index (χ2v) is 10.1. The number of nitrogens with zero attached hydrogens (tertiary/aromatic N) is 1. The first-order valence-corrected chi connectivity index (χ1v) is 8.92. The number of hydrogen-bond acceptors (Lipinski definition) is 2. The van der Waals surface area contributed by atoms with E-state index in [4.69, 9.17) is 0 Å². The predicted molar refractivity (Wildman–Crippen MR) is 69.0 cm³/mol. The van der Waals surface area contributed by atoms with Gasteiger partial charge in [0.15, 0.2) is 0 Å². The minimum Gasteiger partial charge on any atom is -0.309 e. The molecule has 1 aliphatic rings. The summed E-state index contributed by atoms with van der Waals surface area (Å²) in [5.74, 6) is 0.677. The maximum Gasteiger partial charge on any atom is 0.247 e. The van der Waals surface area contributed by atoms with Gasteiger partial charge >= 0.3 is 0 Å². The van der Waals surface area contributed by atoms with Crippen molar-refractivity contribution in [1.29, 1.82) is 0 Å². The zero-order chi connectivity index (χ0) is 11.8. The van der Waals surface area contributed by atoms with Gasteiger partial charge in [0, 0.05) is 5.56 Å². The summed E-state index contributed by atoms with van der Waals surface area (Å²) < 4.78 is 0. The minimum atomic E-state index is -1.24. The molecule has 0 aromatic heterocycles. The van der Waals surface area contributed by atoms with E-state index in [1.807, 2.05) is 12.1 Å². The molecule has 1 aliphatic heterocycles. The van der Waals surface area contributed by atoms with Gasteiger partial charge in [0.1, 0.15) is 12.4 Å². The molecular formula is C12H16N2OSi. The van der Waals surface area contributed by atoms with Crippen molar-refractivity contribution in [2.24, 2.45) is 4.99 Å². The smallest absolute Gasteiger partial charge is 0.247 e. The van der Waals surface area contributed by atoms with E-state index < -0.39 is 8.07 Å². The molecule has 2 rings (SSSR count). The van der Waals surface area contributed by atoms with Crippen LogP contribution in [0.1, 0.15) is 5.56 Å². The van der Waals surface area contributed by atoms with E-state index in [0.717, 1.165) is 5.56 Å². The summed E-state index contributed by atoms with van der Waals surface area (Å²) >= 11 is 0. The molecule has 4 heteroatoms. The van der Waals surface area contributed by atoms with Crippen LogP contribution in [0.25, 0.3) is 0 Å². The molecule has 0 spiro atoms. The van der Waals surface area contributed by atoms with Crippen LogP contribution in [0, 0.1) is 0 Å². The average Bonchev–Trinajstić information content (AvgIpc) is 2.64. The Morgan fingerprint density at radius 2 is 1.81 bits per heavy atom. The molecule has 0 saturated heterocycles. The van der Waals surface area contributed by atoms with Crippen LogP contribution in [0.15, 0.2) is 29.3 Å². The monoisotopic (exact) mass is 232 g/mol. The molecule has 0 bridgehead atoms. The van der Waals surface area contributed by atoms with Crippen molar-refractivity contribution in [3.63, 3.8) is 0 Å². The van der Waals surface area contributed by atoms with E-state index in [-0.39, 0.29) is 12.5 Å². The zero-order valence-corrected chi connectivity index (χ0v) is 10.9. The molecule has 84 valence electrons. The Bertz CT molecular complexity index is 443. The van der Waals surface area contributed by atoms with Crippen LogP contribution in [0.4, 0.5) is 0 Å². The Labute approximate surface area is 96.6 Å². The standard InChI is InChI=1S/C12H16N2OSi/c1-16(2,3)10-6-4-9(5-7-10)12-13-8-11(15)14-12/h4-7H,8H2,1-3H3,(H,13,14,15). The molecule has 1 aromatic carbocycles. The van der Waals surface area contributed by atoms with Crippen LogP contribution in [0.5, 0.6) is 0 Å². The normalized spacial score (nSPS) is 15.9. The summed E-state index contributed by atoms with van der Waals surface area (Å²) in [6, 6.07) is 8.37. The second-order valence-electron chi connectivity index (χ2n) is 5.04. The van der Waals surface area contributed by atoms with E-state index in [1.54, 1.807) is 0 Å². The predicted octanol–water partition coefficient (Wildman–Crippen LogP) is 1.11. The molecule has 1 amide bonds. The third kappa shape index (κ3) is 2.22. The number of benzene rings is 1. The third-order valence-electron chi connectivity index (χ3n) is 2.66. The summed E-state index contributed by atoms with van der Waals surface area (Å²) in [7, 11) is -1.24. The minimum absolute atomic E-state index is 0.0238. The molecule has 3 nitrogen and oxygen atoms in total. The highest BCUT2D eigenvalue weighted by Crippen LogP contribution is 2.06. The number of carbonyl (C=O) groups excluding carboxylic acids is 1. The number of nitrogens with one attached hydrogen (secondary N) is 1. The number of amidine groups is 1. The summed E-state index contributed by atoms with van der Waals surface area (Å²) in [5, 5.41) is 4.17. The van der Waals surface area contributed by atoms with Crippen molar-refractivity contribution in [2.75, 3.05) is 6.54 Å². The Morgan fingerprint density at radius 1 is 1.19 bits per heavy atom. The fourth-order valence-electron chi connectivity index (χ4n) is 1.65. The molecule has 0 aliphatic carbocycles. The summed E-state index contributed by atoms with van der Waals surface area (Å²) in [6.45, 7) is 7.20. The first kappa shape index (κ1) is 11.1. The van der Waals surface area contributed by atoms with Crippen molar-refractivity contribution in [1.82, 2.24) is 5.32 Å². The molecule has 0 radical (unpaired) electrons. The van der Waals surface area contributed by atoms with Crippen LogP contribution >= 0.6 is 0 Å². The van der Waals surface area contributed by atoms with Crippen molar-refractivity contribution in [3.05, 3.63) is 29.8 Å². The van der Waals surface area contributed by atoms with Crippen LogP contribution in [-0.4, -0.2) is 26.4 Å². The van der Waals surface area contributed by atoms with Gasteiger partial charge in [-0.15, -0.1) is 0 Å². The van der Waals surface area contributed by atoms with Crippen molar-refractivity contribution in [3.8, 4) is 0 Å². The lowest BCUT2D eigenvalue weighted by Crippen LogP contribution is -2.37. The van der Waals surface area contributed by atoms with Gasteiger partial charge in [-0.2, -0.15) is 0 Å². The quantitative estimate of drug-likeness (QED) is 0.763. The van der Waals surface area contributed by atoms with Crippen molar-refractivity contribution in [2.45, 2.75) is 19.6 Å². The van der Waals surface area contributed by atoms with E-state index >= 15 is 0 Å². The van der Waals surface area contributed by atoms with Gasteiger partial charge in [0.05, 0.1) is 8.07 Å². The van der Waals surface area contributed by atoms with Gasteiger partial charge < -0.3 is 5.32 Å². The van der Waals surface area contributed by atoms with Gasteiger partial charge in [-0.3, -0.25) is 9.79 Å². The fraction of sp³-hybridized carbons (Fsp3) is 0.333. The number of aliphatic imine (C=N–C) groups is 1. The maximum absolute atomic E-state index is 11.0. The Hall–Kier alpha value is -1.42. The van der Waals surface area contributed by atoms with Gasteiger partial charge in [-0.25, -0.2) is 0 Å². The van der Waals surface area contributed by atoms with E-state index in [9.17, 15) is 4.79 Å². The Morgan fingerprint density at radius 3 is 2.25 bits per heavy atom. The third-order valence-corrected chi connectivity index (χ3v) is 4.73. The molecule has 16 heavy (non-hydrogen) atoms. The van der Waals surface area contributed by atoms with Gasteiger partial charge in [0.2, 0.25) is 5.91 Å². The lowest BCUT2D eigenvalue weighted by atomic mass is 10.2. The lowest BCUT2D eigenvalue weighted by molar-refractivity contribution is -0.117. The van der Waals surface area contributed by atoms with Gasteiger partial charge in [-0.05, 0) is 0 Å². The second kappa shape index (κ2) is 3.86. The molecule has 0 saturated carbocycles. The molecule has 1 N–H and O–H groups in total. The number of carbonyl (C=O) groups is 1. The van der Waals surface area contributed by atoms with E-state index in [1.165, 1.54) is 5.19 Å². The highest BCUT2D eigenvalue weighted by atomic mass is 28.3. The lowest BCUT2D eigenvalue weighted by Gasteiger charge is -2.16. The Kier molecular flexibility index (Phi) is 2.67. The van der Waals surface area contributed by atoms with Gasteiger partial charge in [-0.1, -0.05) is 49.1 Å². The highest BCUT2D eigenvalue weighted by Gasteiger charge is 2.18. The molecular weight excluding hydrogens is 216 g/mol. The number of amides is 1. The molecule has 0 unspecified atom stereocenters. The average molecular weight is 232 g/mol. The van der Waals surface area contributed by atoms with Gasteiger partial charge in [0.25, 0.3) is 0 Å². The topological polar surface area (TPSA) is 41.5 Å². The summed E-state index contributed by atoms with van der Waals surface area (Å²) in [5.41, 5.74) is 0.993. The molecule has 0 atom stereocenters. The first-order valence-electron chi connectivity index (χ1n) is 5.42. The summed E-state index contributed by atoms with van der Waals surface area (Å²) in [6.07, 6.45) is 0. The highest BCUT2D eigenvalue weighted by molar-refractivity contribution is 6.88. The molecule has 0 fully saturated rings. The maximum atomic E-state index is 11.0. The zero-order valence-electron chi connectivity index (χ0n) is 9.87. The number of hydrogen-bond donors (Lipinski definition) is 1. The van der Waals surface area contributed by atoms with Crippen LogP contribution in [-0.2, 0) is 4.79 Å². The van der Waals surface area contributed by atoms with Crippen LogP contribution in [0.2, 0.25) is 19.6 Å². The van der Waals surface area contributed by atoms with Crippen LogP contribution < -0.4 is 10.5 Å². The van der Waals surface area contributed by atoms with E-state index in [0.29, 0.717) is 5.84 Å². The molecule has 1 heterocycles. The fourth-order valence-corrected chi connectivity index (χ4v) is 2.82. The van der Waals surface area contributed by atoms with E-state index in [2.05, 4.69) is 42.1 Å². The van der Waals surface area contributed by atoms with Crippen LogP contribution in [0.3, 0.4) is 0 Å². The summed E-state index contributed by atoms with van der Waals surface area (Å²) in [4.78, 5) is 15.2. The van der Waals surface area contributed by atoms with Crippen molar-refractivity contribution >= 4 is 25.0 Å². The van der Waals surface area contributed by atoms with Crippen molar-refractivity contribution < 1.29 is 4.79 Å². The first-order chi connectivity index (χ1) is 7.47. The Balaban J connectivity index is 2.23. The SMILES string of the molecule is C[Si](C)(C)c1ccc(C2=NCC(=O)N2)cc1. The number of rotatable bonds is 2. The largest absolute Gasteiger partial charge is 0.309 e. The molecule has 1 aromatic rings.